The highest BCUT2D eigenvalue weighted by Crippen LogP contribution is 2.24. The molecule has 1 unspecified atom stereocenters. The van der Waals surface area contributed by atoms with Crippen molar-refractivity contribution in [2.45, 2.75) is 26.3 Å². The Hall–Kier alpha value is -1.52. The molecule has 0 bridgehead atoms. The van der Waals surface area contributed by atoms with Gasteiger partial charge in [-0.2, -0.15) is 0 Å². The SMILES string of the molecule is CCNC(Cc1cccc(F)c1Cl)c1cnc(C)cn1. The van der Waals surface area contributed by atoms with Gasteiger partial charge in [0.15, 0.2) is 0 Å². The molecule has 20 heavy (non-hydrogen) atoms. The second-order valence-electron chi connectivity index (χ2n) is 4.61. The number of aromatic nitrogens is 2. The van der Waals surface area contributed by atoms with E-state index in [0.717, 1.165) is 23.5 Å². The zero-order valence-corrected chi connectivity index (χ0v) is 12.3. The molecule has 5 heteroatoms. The molecule has 0 amide bonds. The number of likely N-dealkylation sites (N-methyl/N-ethyl adjacent to an activating group) is 1. The van der Waals surface area contributed by atoms with Crippen molar-refractivity contribution in [3.8, 4) is 0 Å². The van der Waals surface area contributed by atoms with Gasteiger partial charge >= 0.3 is 0 Å². The smallest absolute Gasteiger partial charge is 0.142 e. The monoisotopic (exact) mass is 293 g/mol. The van der Waals surface area contributed by atoms with Crippen LogP contribution in [-0.2, 0) is 6.42 Å². The Morgan fingerprint density at radius 1 is 1.30 bits per heavy atom. The van der Waals surface area contributed by atoms with Gasteiger partial charge in [0, 0.05) is 6.20 Å². The van der Waals surface area contributed by atoms with Crippen molar-refractivity contribution in [1.29, 1.82) is 0 Å². The molecule has 0 saturated carbocycles. The van der Waals surface area contributed by atoms with Gasteiger partial charge in [0.25, 0.3) is 0 Å². The lowest BCUT2D eigenvalue weighted by molar-refractivity contribution is 0.532. The summed E-state index contributed by atoms with van der Waals surface area (Å²) in [5.74, 6) is -0.394. The first-order valence-electron chi connectivity index (χ1n) is 6.56. The van der Waals surface area contributed by atoms with Crippen LogP contribution in [-0.4, -0.2) is 16.5 Å². The molecule has 0 spiro atoms. The summed E-state index contributed by atoms with van der Waals surface area (Å²) >= 11 is 6.01. The Labute approximate surface area is 123 Å². The third-order valence-electron chi connectivity index (χ3n) is 3.06. The molecule has 3 nitrogen and oxygen atoms in total. The quantitative estimate of drug-likeness (QED) is 0.917. The van der Waals surface area contributed by atoms with Gasteiger partial charge in [-0.1, -0.05) is 30.7 Å². The number of nitrogens with zero attached hydrogens (tertiary/aromatic N) is 2. The lowest BCUT2D eigenvalue weighted by Crippen LogP contribution is -2.24. The number of rotatable bonds is 5. The maximum Gasteiger partial charge on any atom is 0.142 e. The summed E-state index contributed by atoms with van der Waals surface area (Å²) in [6.45, 7) is 4.69. The summed E-state index contributed by atoms with van der Waals surface area (Å²) in [5, 5.41) is 3.51. The Morgan fingerprint density at radius 2 is 2.10 bits per heavy atom. The van der Waals surface area contributed by atoms with Crippen molar-refractivity contribution in [2.24, 2.45) is 0 Å². The van der Waals surface area contributed by atoms with E-state index < -0.39 is 5.82 Å². The van der Waals surface area contributed by atoms with Gasteiger partial charge in [0.1, 0.15) is 5.82 Å². The van der Waals surface area contributed by atoms with E-state index >= 15 is 0 Å². The average molecular weight is 294 g/mol. The van der Waals surface area contributed by atoms with E-state index in [0.29, 0.717) is 6.42 Å². The molecule has 2 aromatic rings. The Morgan fingerprint density at radius 3 is 2.75 bits per heavy atom. The highest BCUT2D eigenvalue weighted by atomic mass is 35.5. The molecule has 0 fully saturated rings. The predicted molar refractivity (Wildman–Crippen MR) is 78.3 cm³/mol. The minimum Gasteiger partial charge on any atom is -0.309 e. The fourth-order valence-electron chi connectivity index (χ4n) is 2.04. The Bertz CT molecular complexity index is 572. The molecule has 1 aromatic carbocycles. The molecular formula is C15H17ClFN3. The van der Waals surface area contributed by atoms with Crippen LogP contribution in [0, 0.1) is 12.7 Å². The van der Waals surface area contributed by atoms with E-state index in [2.05, 4.69) is 15.3 Å². The second-order valence-corrected chi connectivity index (χ2v) is 4.99. The van der Waals surface area contributed by atoms with Gasteiger partial charge in [-0.15, -0.1) is 0 Å². The van der Waals surface area contributed by atoms with Crippen molar-refractivity contribution in [2.75, 3.05) is 6.54 Å². The molecule has 2 rings (SSSR count). The highest BCUT2D eigenvalue weighted by Gasteiger charge is 2.16. The van der Waals surface area contributed by atoms with E-state index in [1.165, 1.54) is 6.07 Å². The molecule has 0 aliphatic rings. The molecule has 1 atom stereocenters. The summed E-state index contributed by atoms with van der Waals surface area (Å²) in [5.41, 5.74) is 2.46. The van der Waals surface area contributed by atoms with Crippen LogP contribution in [0.5, 0.6) is 0 Å². The maximum atomic E-state index is 13.5. The fraction of sp³-hybridized carbons (Fsp3) is 0.333. The van der Waals surface area contributed by atoms with Gasteiger partial charge in [-0.25, -0.2) is 4.39 Å². The van der Waals surface area contributed by atoms with Gasteiger partial charge in [-0.3, -0.25) is 9.97 Å². The van der Waals surface area contributed by atoms with E-state index in [1.54, 1.807) is 18.5 Å². The molecule has 0 aliphatic heterocycles. The maximum absolute atomic E-state index is 13.5. The lowest BCUT2D eigenvalue weighted by Gasteiger charge is -2.18. The standard InChI is InChI=1S/C15H17ClFN3/c1-3-18-13(14-9-19-10(2)8-20-14)7-11-5-4-6-12(17)15(11)16/h4-6,8-9,13,18H,3,7H2,1-2H3. The van der Waals surface area contributed by atoms with Crippen LogP contribution in [0.25, 0.3) is 0 Å². The van der Waals surface area contributed by atoms with Gasteiger partial charge in [-0.05, 0) is 31.5 Å². The zero-order valence-electron chi connectivity index (χ0n) is 11.5. The zero-order chi connectivity index (χ0) is 14.5. The van der Waals surface area contributed by atoms with Crippen LogP contribution in [0.3, 0.4) is 0 Å². The first-order valence-corrected chi connectivity index (χ1v) is 6.94. The summed E-state index contributed by atoms with van der Waals surface area (Å²) in [4.78, 5) is 8.64. The Balaban J connectivity index is 2.25. The number of nitrogens with one attached hydrogen (secondary N) is 1. The van der Waals surface area contributed by atoms with Crippen molar-refractivity contribution in [3.63, 3.8) is 0 Å². The van der Waals surface area contributed by atoms with Crippen LogP contribution >= 0.6 is 11.6 Å². The lowest BCUT2D eigenvalue weighted by atomic mass is 10.0. The number of halogens is 2. The predicted octanol–water partition coefficient (Wildman–Crippen LogP) is 3.47. The van der Waals surface area contributed by atoms with Crippen LogP contribution in [0.4, 0.5) is 4.39 Å². The van der Waals surface area contributed by atoms with Crippen LogP contribution in [0.1, 0.15) is 29.9 Å². The number of hydrogen-bond acceptors (Lipinski definition) is 3. The molecule has 1 aromatic heterocycles. The normalized spacial score (nSPS) is 12.4. The number of benzene rings is 1. The highest BCUT2D eigenvalue weighted by molar-refractivity contribution is 6.31. The minimum atomic E-state index is -0.394. The summed E-state index contributed by atoms with van der Waals surface area (Å²) in [7, 11) is 0. The molecule has 0 radical (unpaired) electrons. The van der Waals surface area contributed by atoms with Crippen molar-refractivity contribution in [3.05, 3.63) is 58.4 Å². The van der Waals surface area contributed by atoms with Crippen molar-refractivity contribution >= 4 is 11.6 Å². The summed E-state index contributed by atoms with van der Waals surface area (Å²) < 4.78 is 13.5. The van der Waals surface area contributed by atoms with Crippen LogP contribution < -0.4 is 5.32 Å². The third kappa shape index (κ3) is 3.52. The summed E-state index contributed by atoms with van der Waals surface area (Å²) in [6.07, 6.45) is 4.05. The molecular weight excluding hydrogens is 277 g/mol. The molecule has 106 valence electrons. The van der Waals surface area contributed by atoms with E-state index in [1.807, 2.05) is 19.9 Å². The van der Waals surface area contributed by atoms with E-state index in [4.69, 9.17) is 11.6 Å². The van der Waals surface area contributed by atoms with Crippen molar-refractivity contribution < 1.29 is 4.39 Å². The number of aryl methyl sites for hydroxylation is 1. The average Bonchev–Trinajstić information content (AvgIpc) is 2.44. The number of hydrogen-bond donors (Lipinski definition) is 1. The fourth-order valence-corrected chi connectivity index (χ4v) is 2.24. The third-order valence-corrected chi connectivity index (χ3v) is 3.49. The first kappa shape index (κ1) is 14.9. The molecule has 0 saturated heterocycles. The largest absolute Gasteiger partial charge is 0.309 e. The topological polar surface area (TPSA) is 37.8 Å². The van der Waals surface area contributed by atoms with Gasteiger partial charge < -0.3 is 5.32 Å². The van der Waals surface area contributed by atoms with Crippen LogP contribution in [0.2, 0.25) is 5.02 Å². The molecule has 1 N–H and O–H groups in total. The molecule has 0 aliphatic carbocycles. The first-order chi connectivity index (χ1) is 9.61. The minimum absolute atomic E-state index is 0.0348. The van der Waals surface area contributed by atoms with Crippen molar-refractivity contribution in [1.82, 2.24) is 15.3 Å². The van der Waals surface area contributed by atoms with Gasteiger partial charge in [0.05, 0.1) is 28.6 Å². The van der Waals surface area contributed by atoms with E-state index in [9.17, 15) is 4.39 Å². The Kier molecular flexibility index (Phi) is 5.04. The van der Waals surface area contributed by atoms with Crippen LogP contribution in [0.15, 0.2) is 30.6 Å². The van der Waals surface area contributed by atoms with E-state index in [-0.39, 0.29) is 11.1 Å². The molecule has 1 heterocycles. The second kappa shape index (κ2) is 6.77. The van der Waals surface area contributed by atoms with Gasteiger partial charge in [0.2, 0.25) is 0 Å². The summed E-state index contributed by atoms with van der Waals surface area (Å²) in [6, 6.07) is 4.82.